The number of benzene rings is 2. The molecule has 0 saturated carbocycles. The van der Waals surface area contributed by atoms with E-state index in [1.807, 2.05) is 25.1 Å². The van der Waals surface area contributed by atoms with Gasteiger partial charge in [-0.15, -0.1) is 0 Å². The van der Waals surface area contributed by atoms with E-state index in [0.717, 1.165) is 35.3 Å². The van der Waals surface area contributed by atoms with Crippen molar-refractivity contribution in [3.63, 3.8) is 0 Å². The SMILES string of the molecule is Cc1cc(C2=CCN(C(=N)N)CC2)ccc1C(=O)Nc1cc(F)c(C2=CCN(C(=N)N)CC2)c(F)c1. The summed E-state index contributed by atoms with van der Waals surface area (Å²) in [7, 11) is 0. The van der Waals surface area contributed by atoms with Gasteiger partial charge >= 0.3 is 0 Å². The van der Waals surface area contributed by atoms with E-state index in [4.69, 9.17) is 22.3 Å². The van der Waals surface area contributed by atoms with Crippen LogP contribution in [0.4, 0.5) is 14.5 Å². The first-order valence-corrected chi connectivity index (χ1v) is 11.6. The monoisotopic (exact) mass is 493 g/mol. The maximum Gasteiger partial charge on any atom is 0.255 e. The molecule has 10 heteroatoms. The Balaban J connectivity index is 1.48. The highest BCUT2D eigenvalue weighted by molar-refractivity contribution is 6.05. The molecule has 0 bridgehead atoms. The third-order valence-corrected chi connectivity index (χ3v) is 6.56. The molecule has 188 valence electrons. The zero-order valence-electron chi connectivity index (χ0n) is 20.0. The largest absolute Gasteiger partial charge is 0.370 e. The van der Waals surface area contributed by atoms with Crippen molar-refractivity contribution in [1.29, 1.82) is 10.8 Å². The lowest BCUT2D eigenvalue weighted by molar-refractivity contribution is 0.102. The van der Waals surface area contributed by atoms with E-state index in [1.165, 1.54) is 0 Å². The van der Waals surface area contributed by atoms with Gasteiger partial charge in [0.2, 0.25) is 0 Å². The van der Waals surface area contributed by atoms with E-state index in [9.17, 15) is 13.6 Å². The molecule has 8 nitrogen and oxygen atoms in total. The number of amides is 1. The Bertz CT molecular complexity index is 1280. The number of hydrogen-bond donors (Lipinski definition) is 5. The van der Waals surface area contributed by atoms with Crippen molar-refractivity contribution in [2.24, 2.45) is 11.5 Å². The van der Waals surface area contributed by atoms with Gasteiger partial charge in [-0.3, -0.25) is 15.6 Å². The van der Waals surface area contributed by atoms with Gasteiger partial charge in [0, 0.05) is 43.0 Å². The number of anilines is 1. The lowest BCUT2D eigenvalue weighted by atomic mass is 9.95. The Kier molecular flexibility index (Phi) is 7.05. The number of rotatable bonds is 4. The number of guanidine groups is 2. The fourth-order valence-electron chi connectivity index (χ4n) is 4.53. The molecule has 0 unspecified atom stereocenters. The average molecular weight is 494 g/mol. The van der Waals surface area contributed by atoms with Crippen molar-refractivity contribution in [2.75, 3.05) is 31.5 Å². The maximum absolute atomic E-state index is 14.9. The Morgan fingerprint density at radius 2 is 1.47 bits per heavy atom. The first-order chi connectivity index (χ1) is 17.1. The van der Waals surface area contributed by atoms with Gasteiger partial charge in [0.05, 0.1) is 0 Å². The van der Waals surface area contributed by atoms with Gasteiger partial charge in [-0.2, -0.15) is 0 Å². The van der Waals surface area contributed by atoms with E-state index < -0.39 is 17.5 Å². The lowest BCUT2D eigenvalue weighted by Crippen LogP contribution is -2.39. The number of aryl methyl sites for hydroxylation is 1. The van der Waals surface area contributed by atoms with Crippen LogP contribution in [0.3, 0.4) is 0 Å². The summed E-state index contributed by atoms with van der Waals surface area (Å²) < 4.78 is 29.8. The van der Waals surface area contributed by atoms with Crippen LogP contribution in [-0.2, 0) is 0 Å². The molecule has 2 aliphatic rings. The fraction of sp³-hybridized carbons (Fsp3) is 0.269. The first-order valence-electron chi connectivity index (χ1n) is 11.6. The van der Waals surface area contributed by atoms with Gasteiger partial charge in [0.25, 0.3) is 5.91 Å². The van der Waals surface area contributed by atoms with Crippen molar-refractivity contribution < 1.29 is 13.6 Å². The molecule has 0 fully saturated rings. The van der Waals surface area contributed by atoms with Crippen molar-refractivity contribution in [3.05, 3.63) is 76.4 Å². The Labute approximate surface area is 208 Å². The summed E-state index contributed by atoms with van der Waals surface area (Å²) in [5.41, 5.74) is 14.7. The van der Waals surface area contributed by atoms with Crippen LogP contribution in [-0.4, -0.2) is 53.8 Å². The Morgan fingerprint density at radius 3 is 1.94 bits per heavy atom. The molecule has 0 aromatic heterocycles. The first kappa shape index (κ1) is 24.9. The highest BCUT2D eigenvalue weighted by Crippen LogP contribution is 2.30. The fourth-order valence-corrected chi connectivity index (χ4v) is 4.53. The summed E-state index contributed by atoms with van der Waals surface area (Å²) in [5, 5.41) is 17.6. The van der Waals surface area contributed by atoms with Crippen LogP contribution < -0.4 is 16.8 Å². The molecular weight excluding hydrogens is 464 g/mol. The maximum atomic E-state index is 14.9. The van der Waals surface area contributed by atoms with E-state index in [-0.39, 0.29) is 23.2 Å². The van der Waals surface area contributed by atoms with Crippen molar-refractivity contribution >= 4 is 34.7 Å². The second-order valence-corrected chi connectivity index (χ2v) is 8.92. The van der Waals surface area contributed by atoms with Crippen LogP contribution in [0.1, 0.15) is 39.9 Å². The highest BCUT2D eigenvalue weighted by atomic mass is 19.1. The van der Waals surface area contributed by atoms with Gasteiger partial charge in [-0.25, -0.2) is 8.78 Å². The summed E-state index contributed by atoms with van der Waals surface area (Å²) in [6.07, 6.45) is 4.77. The number of hydrogen-bond acceptors (Lipinski definition) is 3. The van der Waals surface area contributed by atoms with Gasteiger partial charge < -0.3 is 26.6 Å². The lowest BCUT2D eigenvalue weighted by Gasteiger charge is -2.27. The van der Waals surface area contributed by atoms with Crippen LogP contribution in [0, 0.1) is 29.4 Å². The number of halogens is 2. The minimum Gasteiger partial charge on any atom is -0.370 e. The van der Waals surface area contributed by atoms with Gasteiger partial charge in [-0.05, 0) is 60.2 Å². The van der Waals surface area contributed by atoms with Crippen molar-refractivity contribution in [1.82, 2.24) is 9.80 Å². The van der Waals surface area contributed by atoms with Gasteiger partial charge in [-0.1, -0.05) is 24.3 Å². The van der Waals surface area contributed by atoms with Crippen LogP contribution in [0.2, 0.25) is 0 Å². The van der Waals surface area contributed by atoms with Crippen LogP contribution in [0.15, 0.2) is 42.5 Å². The predicted molar refractivity (Wildman–Crippen MR) is 138 cm³/mol. The molecule has 0 aliphatic carbocycles. The van der Waals surface area contributed by atoms with E-state index in [0.29, 0.717) is 43.7 Å². The molecule has 0 saturated heterocycles. The molecular formula is C26H29F2N7O. The number of carbonyl (C=O) groups is 1. The summed E-state index contributed by atoms with van der Waals surface area (Å²) in [4.78, 5) is 16.3. The summed E-state index contributed by atoms with van der Waals surface area (Å²) in [6, 6.07) is 7.69. The summed E-state index contributed by atoms with van der Waals surface area (Å²) in [6.45, 7) is 3.74. The zero-order valence-corrected chi connectivity index (χ0v) is 20.0. The average Bonchev–Trinajstić information content (AvgIpc) is 2.84. The normalized spacial score (nSPS) is 15.8. The number of nitrogens with zero attached hydrogens (tertiary/aromatic N) is 2. The zero-order chi connectivity index (χ0) is 26.0. The number of nitrogens with two attached hydrogens (primary N) is 2. The minimum absolute atomic E-state index is 0.0308. The third-order valence-electron chi connectivity index (χ3n) is 6.56. The van der Waals surface area contributed by atoms with Crippen molar-refractivity contribution in [3.8, 4) is 0 Å². The molecule has 0 spiro atoms. The van der Waals surface area contributed by atoms with Gasteiger partial charge in [0.15, 0.2) is 11.9 Å². The molecule has 0 radical (unpaired) electrons. The highest BCUT2D eigenvalue weighted by Gasteiger charge is 2.21. The molecule has 0 atom stereocenters. The molecule has 2 aromatic carbocycles. The van der Waals surface area contributed by atoms with Crippen molar-refractivity contribution in [2.45, 2.75) is 19.8 Å². The molecule has 2 heterocycles. The molecule has 7 N–H and O–H groups in total. The molecule has 1 amide bonds. The number of carbonyl (C=O) groups excluding carboxylic acids is 1. The molecule has 4 rings (SSSR count). The van der Waals surface area contributed by atoms with Crippen LogP contribution >= 0.6 is 0 Å². The van der Waals surface area contributed by atoms with Crippen LogP contribution in [0.25, 0.3) is 11.1 Å². The van der Waals surface area contributed by atoms with E-state index in [1.54, 1.807) is 21.9 Å². The van der Waals surface area contributed by atoms with E-state index >= 15 is 0 Å². The Morgan fingerprint density at radius 1 is 0.917 bits per heavy atom. The second-order valence-electron chi connectivity index (χ2n) is 8.92. The molecule has 2 aromatic rings. The Hall–Kier alpha value is -4.21. The topological polar surface area (TPSA) is 135 Å². The second kappa shape index (κ2) is 10.2. The third kappa shape index (κ3) is 5.22. The smallest absolute Gasteiger partial charge is 0.255 e. The summed E-state index contributed by atoms with van der Waals surface area (Å²) in [5.74, 6) is -2.01. The van der Waals surface area contributed by atoms with Gasteiger partial charge in [0.1, 0.15) is 11.6 Å². The summed E-state index contributed by atoms with van der Waals surface area (Å²) >= 11 is 0. The quantitative estimate of drug-likeness (QED) is 0.328. The molecule has 2 aliphatic heterocycles. The van der Waals surface area contributed by atoms with Crippen LogP contribution in [0.5, 0.6) is 0 Å². The number of nitrogens with one attached hydrogen (secondary N) is 3. The standard InChI is InChI=1S/C26H29F2N7O/c1-15-12-18(16-4-8-34(9-5-16)25(29)30)2-3-20(15)24(36)33-19-13-21(27)23(22(28)14-19)17-6-10-35(11-7-17)26(31)32/h2-4,6,12-14H,5,7-11H2,1H3,(H3,29,30)(H3,31,32)(H,33,36). The van der Waals surface area contributed by atoms with E-state index in [2.05, 4.69) is 5.32 Å². The minimum atomic E-state index is -0.760. The molecule has 36 heavy (non-hydrogen) atoms. The predicted octanol–water partition coefficient (Wildman–Crippen LogP) is 3.49.